The number of amides is 1. The van der Waals surface area contributed by atoms with E-state index in [0.29, 0.717) is 18.7 Å². The van der Waals surface area contributed by atoms with Gasteiger partial charge < -0.3 is 25.2 Å². The Bertz CT molecular complexity index is 764. The van der Waals surface area contributed by atoms with E-state index in [1.165, 1.54) is 0 Å². The van der Waals surface area contributed by atoms with Crippen molar-refractivity contribution < 1.29 is 19.7 Å². The topological polar surface area (TPSA) is 82.0 Å². The van der Waals surface area contributed by atoms with Crippen molar-refractivity contribution in [3.8, 4) is 0 Å². The minimum absolute atomic E-state index is 0.0124. The van der Waals surface area contributed by atoms with Gasteiger partial charge >= 0.3 is 0 Å². The lowest BCUT2D eigenvalue weighted by Gasteiger charge is -2.18. The number of ether oxygens (including phenoxy) is 1. The van der Waals surface area contributed by atoms with Crippen LogP contribution in [-0.2, 0) is 22.6 Å². The predicted molar refractivity (Wildman–Crippen MR) is 109 cm³/mol. The molecule has 0 saturated heterocycles. The first-order valence-corrected chi connectivity index (χ1v) is 9.61. The van der Waals surface area contributed by atoms with E-state index in [-0.39, 0.29) is 31.1 Å². The Labute approximate surface area is 167 Å². The number of fused-ring (bicyclic) bond motifs is 1. The SMILES string of the molecule is CNC(CO)c1ccc2c(c1)CN(C(=O)C(=CC(=C(C)OC)C(C)C)CO)C2. The zero-order chi connectivity index (χ0) is 20.8. The van der Waals surface area contributed by atoms with E-state index in [1.807, 2.05) is 46.0 Å². The lowest BCUT2D eigenvalue weighted by molar-refractivity contribution is -0.128. The molecule has 28 heavy (non-hydrogen) atoms. The summed E-state index contributed by atoms with van der Waals surface area (Å²) < 4.78 is 5.33. The van der Waals surface area contributed by atoms with Gasteiger partial charge in [-0.3, -0.25) is 4.79 Å². The Morgan fingerprint density at radius 1 is 1.29 bits per heavy atom. The standard InChI is InChI=1S/C22H32N2O4/c1-14(2)20(15(3)28-5)9-19(12-25)22(27)24-10-17-7-6-16(8-18(17)11-24)21(13-26)23-4/h6-9,14,21,23,25-26H,10-13H2,1-5H3. The lowest BCUT2D eigenvalue weighted by atomic mass is 9.99. The summed E-state index contributed by atoms with van der Waals surface area (Å²) in [6.45, 7) is 6.61. The molecule has 0 radical (unpaired) electrons. The summed E-state index contributed by atoms with van der Waals surface area (Å²) in [6.07, 6.45) is 1.75. The molecule has 0 fully saturated rings. The highest BCUT2D eigenvalue weighted by Crippen LogP contribution is 2.28. The highest BCUT2D eigenvalue weighted by molar-refractivity contribution is 5.94. The van der Waals surface area contributed by atoms with E-state index in [0.717, 1.165) is 28.0 Å². The molecule has 2 rings (SSSR count). The number of likely N-dealkylation sites (N-methyl/N-ethyl adjacent to an activating group) is 1. The number of hydrogen-bond donors (Lipinski definition) is 3. The molecule has 1 aromatic carbocycles. The molecule has 1 aromatic rings. The van der Waals surface area contributed by atoms with E-state index < -0.39 is 0 Å². The lowest BCUT2D eigenvalue weighted by Crippen LogP contribution is -2.28. The Morgan fingerprint density at radius 3 is 2.50 bits per heavy atom. The first kappa shape index (κ1) is 22.1. The van der Waals surface area contributed by atoms with Crippen LogP contribution in [0.2, 0.25) is 0 Å². The van der Waals surface area contributed by atoms with E-state index in [2.05, 4.69) is 5.32 Å². The molecule has 0 aliphatic carbocycles. The Kier molecular flexibility index (Phi) is 7.80. The molecule has 0 spiro atoms. The molecule has 1 heterocycles. The fraction of sp³-hybridized carbons (Fsp3) is 0.500. The van der Waals surface area contributed by atoms with Gasteiger partial charge in [0, 0.05) is 18.7 Å². The van der Waals surface area contributed by atoms with Gasteiger partial charge in [0.05, 0.1) is 32.1 Å². The van der Waals surface area contributed by atoms with Crippen molar-refractivity contribution in [2.45, 2.75) is 39.9 Å². The van der Waals surface area contributed by atoms with Gasteiger partial charge in [-0.2, -0.15) is 0 Å². The van der Waals surface area contributed by atoms with Crippen molar-refractivity contribution in [1.29, 1.82) is 0 Å². The number of nitrogens with zero attached hydrogens (tertiary/aromatic N) is 1. The van der Waals surface area contributed by atoms with Crippen molar-refractivity contribution in [2.75, 3.05) is 27.4 Å². The summed E-state index contributed by atoms with van der Waals surface area (Å²) in [5.74, 6) is 0.740. The molecule has 0 saturated carbocycles. The number of aliphatic hydroxyl groups is 2. The minimum Gasteiger partial charge on any atom is -0.501 e. The second kappa shape index (κ2) is 9.87. The monoisotopic (exact) mass is 388 g/mol. The van der Waals surface area contributed by atoms with Gasteiger partial charge in [0.1, 0.15) is 0 Å². The van der Waals surface area contributed by atoms with Gasteiger partial charge in [-0.05, 0) is 48.2 Å². The summed E-state index contributed by atoms with van der Waals surface area (Å²) >= 11 is 0. The molecule has 3 N–H and O–H groups in total. The summed E-state index contributed by atoms with van der Waals surface area (Å²) in [5, 5.41) is 22.4. The number of hydrogen-bond acceptors (Lipinski definition) is 5. The number of aliphatic hydroxyl groups excluding tert-OH is 2. The number of carbonyl (C=O) groups is 1. The molecule has 6 heteroatoms. The maximum Gasteiger partial charge on any atom is 0.252 e. The third-order valence-electron chi connectivity index (χ3n) is 5.28. The van der Waals surface area contributed by atoms with Crippen LogP contribution >= 0.6 is 0 Å². The smallest absolute Gasteiger partial charge is 0.252 e. The fourth-order valence-electron chi connectivity index (χ4n) is 3.50. The third kappa shape index (κ3) is 4.82. The van der Waals surface area contributed by atoms with Crippen LogP contribution in [0.4, 0.5) is 0 Å². The van der Waals surface area contributed by atoms with Gasteiger partial charge in [-0.25, -0.2) is 0 Å². The number of carbonyl (C=O) groups excluding carboxylic acids is 1. The Hall–Kier alpha value is -2.15. The molecule has 1 amide bonds. The first-order valence-electron chi connectivity index (χ1n) is 9.61. The summed E-state index contributed by atoms with van der Waals surface area (Å²) in [4.78, 5) is 14.8. The molecule has 6 nitrogen and oxygen atoms in total. The second-order valence-electron chi connectivity index (χ2n) is 7.41. The van der Waals surface area contributed by atoms with E-state index in [9.17, 15) is 15.0 Å². The highest BCUT2D eigenvalue weighted by Gasteiger charge is 2.26. The van der Waals surface area contributed by atoms with Gasteiger partial charge in [-0.1, -0.05) is 32.0 Å². The van der Waals surface area contributed by atoms with Crippen LogP contribution in [0.25, 0.3) is 0 Å². The second-order valence-corrected chi connectivity index (χ2v) is 7.41. The predicted octanol–water partition coefficient (Wildman–Crippen LogP) is 2.28. The number of nitrogens with one attached hydrogen (secondary N) is 1. The van der Waals surface area contributed by atoms with Crippen LogP contribution in [-0.4, -0.2) is 48.4 Å². The van der Waals surface area contributed by atoms with Crippen molar-refractivity contribution in [3.05, 3.63) is 57.9 Å². The van der Waals surface area contributed by atoms with Crippen LogP contribution in [0, 0.1) is 5.92 Å². The maximum atomic E-state index is 13.0. The van der Waals surface area contributed by atoms with Crippen LogP contribution in [0.5, 0.6) is 0 Å². The normalized spacial score (nSPS) is 16.1. The first-order chi connectivity index (χ1) is 13.4. The number of benzene rings is 1. The van der Waals surface area contributed by atoms with Gasteiger partial charge in [0.2, 0.25) is 0 Å². The van der Waals surface area contributed by atoms with Crippen LogP contribution < -0.4 is 5.32 Å². The zero-order valence-electron chi connectivity index (χ0n) is 17.5. The molecular weight excluding hydrogens is 356 g/mol. The Morgan fingerprint density at radius 2 is 1.96 bits per heavy atom. The molecule has 154 valence electrons. The number of allylic oxidation sites excluding steroid dienone is 3. The van der Waals surface area contributed by atoms with E-state index >= 15 is 0 Å². The summed E-state index contributed by atoms with van der Waals surface area (Å²) in [5.41, 5.74) is 4.42. The van der Waals surface area contributed by atoms with Crippen molar-refractivity contribution >= 4 is 5.91 Å². The van der Waals surface area contributed by atoms with Crippen molar-refractivity contribution in [1.82, 2.24) is 10.2 Å². The Balaban J connectivity index is 2.25. The molecular formula is C22H32N2O4. The summed E-state index contributed by atoms with van der Waals surface area (Å²) in [7, 11) is 3.41. The van der Waals surface area contributed by atoms with Gasteiger partial charge in [0.15, 0.2) is 0 Å². The number of rotatable bonds is 8. The molecule has 1 aliphatic heterocycles. The largest absolute Gasteiger partial charge is 0.501 e. The van der Waals surface area contributed by atoms with Crippen molar-refractivity contribution in [2.24, 2.45) is 5.92 Å². The molecule has 1 aliphatic rings. The third-order valence-corrected chi connectivity index (χ3v) is 5.28. The zero-order valence-corrected chi connectivity index (χ0v) is 17.5. The average molecular weight is 389 g/mol. The molecule has 1 atom stereocenters. The molecule has 0 bridgehead atoms. The fourth-order valence-corrected chi connectivity index (χ4v) is 3.50. The van der Waals surface area contributed by atoms with Gasteiger partial charge in [0.25, 0.3) is 5.91 Å². The number of methoxy groups -OCH3 is 1. The maximum absolute atomic E-state index is 13.0. The highest BCUT2D eigenvalue weighted by atomic mass is 16.5. The molecule has 1 unspecified atom stereocenters. The van der Waals surface area contributed by atoms with Crippen LogP contribution in [0.3, 0.4) is 0 Å². The quantitative estimate of drug-likeness (QED) is 0.362. The van der Waals surface area contributed by atoms with Crippen molar-refractivity contribution in [3.63, 3.8) is 0 Å². The summed E-state index contributed by atoms with van der Waals surface area (Å²) in [6, 6.07) is 5.90. The van der Waals surface area contributed by atoms with E-state index in [4.69, 9.17) is 4.74 Å². The van der Waals surface area contributed by atoms with E-state index in [1.54, 1.807) is 18.1 Å². The van der Waals surface area contributed by atoms with Crippen LogP contribution in [0.1, 0.15) is 43.5 Å². The van der Waals surface area contributed by atoms with Gasteiger partial charge in [-0.15, -0.1) is 0 Å². The average Bonchev–Trinajstić information content (AvgIpc) is 3.12. The molecule has 0 aromatic heterocycles. The van der Waals surface area contributed by atoms with Crippen LogP contribution in [0.15, 0.2) is 41.2 Å². The minimum atomic E-state index is -0.323.